The Kier molecular flexibility index (Phi) is 3.48. The molecule has 0 unspecified atom stereocenters. The van der Waals surface area contributed by atoms with E-state index >= 15 is 0 Å². The second-order valence-electron chi connectivity index (χ2n) is 5.63. The summed E-state index contributed by atoms with van der Waals surface area (Å²) in [7, 11) is 0. The molecule has 0 radical (unpaired) electrons. The van der Waals surface area contributed by atoms with Crippen molar-refractivity contribution in [3.8, 4) is 11.1 Å². The van der Waals surface area contributed by atoms with Crippen molar-refractivity contribution in [3.63, 3.8) is 0 Å². The van der Waals surface area contributed by atoms with Gasteiger partial charge in [0.1, 0.15) is 5.82 Å². The van der Waals surface area contributed by atoms with Crippen LogP contribution in [0.1, 0.15) is 6.42 Å². The molecule has 3 N–H and O–H groups in total. The molecule has 1 saturated heterocycles. The molecule has 3 heterocycles. The second kappa shape index (κ2) is 5.63. The molecule has 4 rings (SSSR count). The molecule has 0 saturated carbocycles. The lowest BCUT2D eigenvalue weighted by Gasteiger charge is -2.13. The maximum atomic E-state index is 6.39. The molecule has 0 aliphatic carbocycles. The molecule has 1 atom stereocenters. The van der Waals surface area contributed by atoms with Gasteiger partial charge in [-0.05, 0) is 25.1 Å². The van der Waals surface area contributed by atoms with Crippen LogP contribution in [-0.2, 0) is 0 Å². The van der Waals surface area contributed by atoms with E-state index in [4.69, 9.17) is 11.6 Å². The number of hydrogen-bond donors (Lipinski definition) is 3. The molecule has 0 spiro atoms. The number of pyridine rings is 1. The van der Waals surface area contributed by atoms with Crippen molar-refractivity contribution in [1.82, 2.24) is 15.3 Å². The Balaban J connectivity index is 1.74. The predicted octanol–water partition coefficient (Wildman–Crippen LogP) is 3.66. The maximum absolute atomic E-state index is 6.39. The third-order valence-corrected chi connectivity index (χ3v) is 4.45. The number of nitrogens with zero attached hydrogens (tertiary/aromatic N) is 1. The smallest absolute Gasteiger partial charge is 0.126 e. The zero-order valence-corrected chi connectivity index (χ0v) is 12.8. The molecule has 5 heteroatoms. The van der Waals surface area contributed by atoms with Crippen LogP contribution in [0, 0.1) is 0 Å². The van der Waals surface area contributed by atoms with Crippen molar-refractivity contribution in [1.29, 1.82) is 0 Å². The average molecular weight is 313 g/mol. The highest BCUT2D eigenvalue weighted by Crippen LogP contribution is 2.34. The number of halogens is 1. The number of rotatable bonds is 3. The molecule has 4 nitrogen and oxygen atoms in total. The van der Waals surface area contributed by atoms with Gasteiger partial charge in [-0.25, -0.2) is 4.98 Å². The van der Waals surface area contributed by atoms with Gasteiger partial charge in [-0.3, -0.25) is 0 Å². The maximum Gasteiger partial charge on any atom is 0.126 e. The molecule has 0 amide bonds. The van der Waals surface area contributed by atoms with Gasteiger partial charge in [-0.2, -0.15) is 0 Å². The van der Waals surface area contributed by atoms with E-state index in [-0.39, 0.29) is 0 Å². The second-order valence-corrected chi connectivity index (χ2v) is 6.04. The van der Waals surface area contributed by atoms with Gasteiger partial charge in [-0.15, -0.1) is 0 Å². The minimum atomic E-state index is 0.435. The van der Waals surface area contributed by atoms with E-state index in [1.165, 1.54) is 5.39 Å². The minimum Gasteiger partial charge on any atom is -0.366 e. The largest absolute Gasteiger partial charge is 0.366 e. The highest BCUT2D eigenvalue weighted by molar-refractivity contribution is 6.33. The third kappa shape index (κ3) is 2.45. The summed E-state index contributed by atoms with van der Waals surface area (Å²) in [5, 5.41) is 8.66. The summed E-state index contributed by atoms with van der Waals surface area (Å²) in [6.45, 7) is 2.04. The predicted molar refractivity (Wildman–Crippen MR) is 91.4 cm³/mol. The number of para-hydroxylation sites is 1. The van der Waals surface area contributed by atoms with E-state index in [0.717, 1.165) is 42.0 Å². The fourth-order valence-corrected chi connectivity index (χ4v) is 3.21. The number of benzene rings is 1. The van der Waals surface area contributed by atoms with Crippen LogP contribution in [0.15, 0.2) is 42.7 Å². The Bertz CT molecular complexity index is 805. The summed E-state index contributed by atoms with van der Waals surface area (Å²) in [6.07, 6.45) is 4.85. The minimum absolute atomic E-state index is 0.435. The molecule has 1 fully saturated rings. The fraction of sp³-hybridized carbons (Fsp3) is 0.235. The molecule has 2 aromatic heterocycles. The first-order chi connectivity index (χ1) is 10.8. The third-order valence-electron chi connectivity index (χ3n) is 4.15. The van der Waals surface area contributed by atoms with Gasteiger partial charge < -0.3 is 15.6 Å². The van der Waals surface area contributed by atoms with Crippen LogP contribution in [0.5, 0.6) is 0 Å². The zero-order chi connectivity index (χ0) is 14.9. The van der Waals surface area contributed by atoms with Crippen LogP contribution in [0.25, 0.3) is 22.0 Å². The van der Waals surface area contributed by atoms with E-state index < -0.39 is 0 Å². The lowest BCUT2D eigenvalue weighted by atomic mass is 10.1. The highest BCUT2D eigenvalue weighted by Gasteiger charge is 2.16. The number of aromatic nitrogens is 2. The molecule has 22 heavy (non-hydrogen) atoms. The molecule has 1 aromatic carbocycles. The number of H-pyrrole nitrogens is 1. The van der Waals surface area contributed by atoms with Gasteiger partial charge >= 0.3 is 0 Å². The molecular weight excluding hydrogens is 296 g/mol. The average Bonchev–Trinajstić information content (AvgIpc) is 3.19. The van der Waals surface area contributed by atoms with Crippen molar-refractivity contribution >= 4 is 28.3 Å². The first-order valence-corrected chi connectivity index (χ1v) is 7.88. The van der Waals surface area contributed by atoms with E-state index in [9.17, 15) is 0 Å². The van der Waals surface area contributed by atoms with Gasteiger partial charge in [0, 0.05) is 47.0 Å². The summed E-state index contributed by atoms with van der Waals surface area (Å²) >= 11 is 6.39. The van der Waals surface area contributed by atoms with Gasteiger partial charge in [0.15, 0.2) is 0 Å². The number of hydrogen-bond acceptors (Lipinski definition) is 3. The number of nitrogens with one attached hydrogen (secondary N) is 3. The van der Waals surface area contributed by atoms with E-state index in [1.54, 1.807) is 6.20 Å². The molecule has 0 bridgehead atoms. The molecule has 112 valence electrons. The summed E-state index contributed by atoms with van der Waals surface area (Å²) < 4.78 is 0. The van der Waals surface area contributed by atoms with E-state index in [0.29, 0.717) is 11.1 Å². The van der Waals surface area contributed by atoms with Crippen molar-refractivity contribution in [2.75, 3.05) is 18.4 Å². The normalized spacial score (nSPS) is 18.0. The summed E-state index contributed by atoms with van der Waals surface area (Å²) in [6, 6.07) is 10.7. The zero-order valence-electron chi connectivity index (χ0n) is 12.1. The quantitative estimate of drug-likeness (QED) is 0.692. The van der Waals surface area contributed by atoms with Crippen LogP contribution in [-0.4, -0.2) is 29.1 Å². The van der Waals surface area contributed by atoms with Crippen molar-refractivity contribution in [2.45, 2.75) is 12.5 Å². The fourth-order valence-electron chi connectivity index (χ4n) is 3.01. The van der Waals surface area contributed by atoms with Crippen LogP contribution >= 0.6 is 11.6 Å². The van der Waals surface area contributed by atoms with E-state index in [2.05, 4.69) is 32.7 Å². The highest BCUT2D eigenvalue weighted by atomic mass is 35.5. The van der Waals surface area contributed by atoms with Crippen LogP contribution in [0.4, 0.5) is 5.82 Å². The number of anilines is 1. The Labute approximate surface area is 133 Å². The molecule has 3 aromatic rings. The first-order valence-electron chi connectivity index (χ1n) is 7.50. The van der Waals surface area contributed by atoms with Crippen LogP contribution in [0.3, 0.4) is 0 Å². The van der Waals surface area contributed by atoms with Crippen molar-refractivity contribution in [2.24, 2.45) is 0 Å². The Morgan fingerprint density at radius 1 is 1.23 bits per heavy atom. The SMILES string of the molecule is Clc1cnc(N[C@H]2CCNC2)cc1-c1c[nH]c2ccccc12. The summed E-state index contributed by atoms with van der Waals surface area (Å²) in [4.78, 5) is 7.71. The Morgan fingerprint density at radius 3 is 3.00 bits per heavy atom. The van der Waals surface area contributed by atoms with E-state index in [1.807, 2.05) is 24.4 Å². The Hall–Kier alpha value is -2.04. The number of aromatic amines is 1. The van der Waals surface area contributed by atoms with Gasteiger partial charge in [0.05, 0.1) is 5.02 Å². The Morgan fingerprint density at radius 2 is 2.14 bits per heavy atom. The standard InChI is InChI=1S/C17H17ClN4/c18-15-10-21-17(22-11-5-6-19-8-11)7-13(15)14-9-20-16-4-2-1-3-12(14)16/h1-4,7,9-11,19-20H,5-6,8H2,(H,21,22)/t11-/m0/s1. The summed E-state index contributed by atoms with van der Waals surface area (Å²) in [5.74, 6) is 0.874. The van der Waals surface area contributed by atoms with Gasteiger partial charge in [-0.1, -0.05) is 29.8 Å². The lowest BCUT2D eigenvalue weighted by Crippen LogP contribution is -2.22. The topological polar surface area (TPSA) is 52.7 Å². The summed E-state index contributed by atoms with van der Waals surface area (Å²) in [5.41, 5.74) is 3.22. The van der Waals surface area contributed by atoms with Crippen LogP contribution in [0.2, 0.25) is 5.02 Å². The monoisotopic (exact) mass is 312 g/mol. The number of fused-ring (bicyclic) bond motifs is 1. The molecular formula is C17H17ClN4. The van der Waals surface area contributed by atoms with Gasteiger partial charge in [0.25, 0.3) is 0 Å². The lowest BCUT2D eigenvalue weighted by molar-refractivity contribution is 0.788. The van der Waals surface area contributed by atoms with Crippen molar-refractivity contribution < 1.29 is 0 Å². The van der Waals surface area contributed by atoms with Crippen LogP contribution < -0.4 is 10.6 Å². The first kappa shape index (κ1) is 13.6. The van der Waals surface area contributed by atoms with Crippen molar-refractivity contribution in [3.05, 3.63) is 47.7 Å². The molecule has 1 aliphatic heterocycles. The van der Waals surface area contributed by atoms with Gasteiger partial charge in [0.2, 0.25) is 0 Å². The molecule has 1 aliphatic rings.